The SMILES string of the molecule is O=C(O)c1cc(C(=O)O)c(COCOCOCCOCO)cc1COCOCOCCOCO. The molecule has 14 heteroatoms. The quantitative estimate of drug-likeness (QED) is 0.124. The molecule has 0 atom stereocenters. The summed E-state index contributed by atoms with van der Waals surface area (Å²) in [4.78, 5) is 23.2. The molecule has 0 spiro atoms. The van der Waals surface area contributed by atoms with Crippen molar-refractivity contribution >= 4 is 11.9 Å². The zero-order valence-electron chi connectivity index (χ0n) is 18.5. The first-order chi connectivity index (χ1) is 16.5. The zero-order valence-corrected chi connectivity index (χ0v) is 18.5. The van der Waals surface area contributed by atoms with Crippen LogP contribution < -0.4 is 0 Å². The number of hydrogen-bond acceptors (Lipinski definition) is 12. The Bertz CT molecular complexity index is 656. The maximum absolute atomic E-state index is 11.6. The number of aliphatic hydroxyl groups is 2. The van der Waals surface area contributed by atoms with Crippen LogP contribution in [0.25, 0.3) is 0 Å². The van der Waals surface area contributed by atoms with Gasteiger partial charge in [-0.3, -0.25) is 0 Å². The summed E-state index contributed by atoms with van der Waals surface area (Å²) >= 11 is 0. The van der Waals surface area contributed by atoms with E-state index in [0.717, 1.165) is 6.07 Å². The van der Waals surface area contributed by atoms with Crippen molar-refractivity contribution in [2.24, 2.45) is 0 Å². The molecule has 194 valence electrons. The van der Waals surface area contributed by atoms with Gasteiger partial charge in [-0.15, -0.1) is 0 Å². The van der Waals surface area contributed by atoms with Crippen LogP contribution in [0.5, 0.6) is 0 Å². The van der Waals surface area contributed by atoms with E-state index < -0.39 is 25.5 Å². The van der Waals surface area contributed by atoms with Crippen molar-refractivity contribution in [2.75, 3.05) is 67.2 Å². The molecule has 14 nitrogen and oxygen atoms in total. The lowest BCUT2D eigenvalue weighted by atomic mass is 9.99. The minimum absolute atomic E-state index is 0.101. The van der Waals surface area contributed by atoms with Gasteiger partial charge >= 0.3 is 11.9 Å². The van der Waals surface area contributed by atoms with Crippen LogP contribution in [0.2, 0.25) is 0 Å². The molecule has 0 fully saturated rings. The summed E-state index contributed by atoms with van der Waals surface area (Å²) in [7, 11) is 0. The number of rotatable bonds is 22. The highest BCUT2D eigenvalue weighted by Crippen LogP contribution is 2.20. The highest BCUT2D eigenvalue weighted by Gasteiger charge is 2.19. The Morgan fingerprint density at radius 3 is 1.32 bits per heavy atom. The molecule has 0 aromatic heterocycles. The van der Waals surface area contributed by atoms with Crippen molar-refractivity contribution in [1.82, 2.24) is 0 Å². The molecule has 0 bridgehead atoms. The maximum atomic E-state index is 11.6. The van der Waals surface area contributed by atoms with Crippen LogP contribution in [0.1, 0.15) is 31.8 Å². The lowest BCUT2D eigenvalue weighted by molar-refractivity contribution is -0.144. The van der Waals surface area contributed by atoms with Crippen LogP contribution >= 0.6 is 0 Å². The van der Waals surface area contributed by atoms with Gasteiger partial charge in [0.25, 0.3) is 0 Å². The van der Waals surface area contributed by atoms with Gasteiger partial charge in [0.1, 0.15) is 40.8 Å². The maximum Gasteiger partial charge on any atom is 0.336 e. The van der Waals surface area contributed by atoms with Gasteiger partial charge in [-0.1, -0.05) is 0 Å². The first kappa shape index (κ1) is 29.8. The third-order valence-electron chi connectivity index (χ3n) is 3.90. The van der Waals surface area contributed by atoms with E-state index in [1.807, 2.05) is 0 Å². The van der Waals surface area contributed by atoms with Crippen LogP contribution in [0, 0.1) is 0 Å². The molecule has 0 amide bonds. The number of benzene rings is 1. The van der Waals surface area contributed by atoms with E-state index in [0.29, 0.717) is 0 Å². The van der Waals surface area contributed by atoms with E-state index in [-0.39, 0.29) is 89.1 Å². The lowest BCUT2D eigenvalue weighted by Crippen LogP contribution is -2.14. The van der Waals surface area contributed by atoms with Crippen molar-refractivity contribution in [3.8, 4) is 0 Å². The number of hydrogen-bond donors (Lipinski definition) is 4. The molecule has 0 aliphatic rings. The summed E-state index contributed by atoms with van der Waals surface area (Å²) in [5.74, 6) is -2.63. The van der Waals surface area contributed by atoms with Gasteiger partial charge in [-0.05, 0) is 23.3 Å². The molecule has 0 unspecified atom stereocenters. The molecule has 0 heterocycles. The fourth-order valence-corrected chi connectivity index (χ4v) is 2.42. The lowest BCUT2D eigenvalue weighted by Gasteiger charge is -2.14. The highest BCUT2D eigenvalue weighted by atomic mass is 16.7. The molecule has 0 aliphatic carbocycles. The molecule has 1 aromatic carbocycles. The second-order valence-corrected chi connectivity index (χ2v) is 6.24. The van der Waals surface area contributed by atoms with Crippen molar-refractivity contribution in [3.63, 3.8) is 0 Å². The van der Waals surface area contributed by atoms with Gasteiger partial charge in [0, 0.05) is 0 Å². The Morgan fingerprint density at radius 1 is 0.559 bits per heavy atom. The molecular formula is C20H30O14. The summed E-state index contributed by atoms with van der Waals surface area (Å²) in [6.45, 7) is -0.950. The normalized spacial score (nSPS) is 11.1. The van der Waals surface area contributed by atoms with Crippen molar-refractivity contribution in [3.05, 3.63) is 34.4 Å². The number of carboxylic acid groups (broad SMARTS) is 2. The van der Waals surface area contributed by atoms with Crippen LogP contribution in [0.15, 0.2) is 12.1 Å². The van der Waals surface area contributed by atoms with Gasteiger partial charge in [0.15, 0.2) is 0 Å². The standard InChI is InChI=1S/C20H30O14/c21-9-27-1-3-29-11-33-13-31-7-15-5-16(18(20(25)26)6-17(15)19(23)24)8-32-14-34-12-30-4-2-28-10-22/h5-6,21-22H,1-4,7-14H2,(H,23,24)(H,25,26). The number of ether oxygens (including phenoxy) is 8. The van der Waals surface area contributed by atoms with E-state index in [1.54, 1.807) is 0 Å². The fraction of sp³-hybridized carbons (Fsp3) is 0.600. The zero-order chi connectivity index (χ0) is 25.0. The number of carbonyl (C=O) groups is 2. The van der Waals surface area contributed by atoms with Crippen LogP contribution in [-0.4, -0.2) is 99.5 Å². The minimum atomic E-state index is -1.31. The average Bonchev–Trinajstić information content (AvgIpc) is 2.81. The van der Waals surface area contributed by atoms with E-state index in [1.165, 1.54) is 6.07 Å². The molecule has 0 radical (unpaired) electrons. The summed E-state index contributed by atoms with van der Waals surface area (Å²) < 4.78 is 40.2. The predicted molar refractivity (Wildman–Crippen MR) is 110 cm³/mol. The Balaban J connectivity index is 2.55. The molecule has 0 saturated carbocycles. The van der Waals surface area contributed by atoms with Gasteiger partial charge in [-0.2, -0.15) is 0 Å². The minimum Gasteiger partial charge on any atom is -0.478 e. The third-order valence-corrected chi connectivity index (χ3v) is 3.90. The average molecular weight is 494 g/mol. The monoisotopic (exact) mass is 494 g/mol. The molecule has 34 heavy (non-hydrogen) atoms. The summed E-state index contributed by atoms with van der Waals surface area (Å²) in [6.07, 6.45) is 0. The third kappa shape index (κ3) is 12.9. The fourth-order valence-electron chi connectivity index (χ4n) is 2.42. The number of aromatic carboxylic acids is 2. The number of aliphatic hydroxyl groups excluding tert-OH is 2. The first-order valence-corrected chi connectivity index (χ1v) is 9.97. The van der Waals surface area contributed by atoms with Crippen LogP contribution in [-0.2, 0) is 51.1 Å². The van der Waals surface area contributed by atoms with Gasteiger partial charge in [0.2, 0.25) is 0 Å². The van der Waals surface area contributed by atoms with Crippen LogP contribution in [0.3, 0.4) is 0 Å². The number of carboxylic acids is 2. The Hall–Kier alpha value is -2.24. The predicted octanol–water partition coefficient (Wildman–Crippen LogP) is -0.0546. The molecule has 0 saturated heterocycles. The summed E-state index contributed by atoms with van der Waals surface area (Å²) in [5, 5.41) is 35.8. The molecular weight excluding hydrogens is 464 g/mol. The van der Waals surface area contributed by atoms with E-state index in [9.17, 15) is 19.8 Å². The van der Waals surface area contributed by atoms with Gasteiger partial charge < -0.3 is 58.3 Å². The molecule has 0 aliphatic heterocycles. The van der Waals surface area contributed by atoms with Crippen molar-refractivity contribution in [1.29, 1.82) is 0 Å². The topological polar surface area (TPSA) is 189 Å². The summed E-state index contributed by atoms with van der Waals surface area (Å²) in [5.41, 5.74) is -0.00296. The smallest absolute Gasteiger partial charge is 0.336 e. The summed E-state index contributed by atoms with van der Waals surface area (Å²) in [6, 6.07) is 2.41. The second kappa shape index (κ2) is 19.1. The van der Waals surface area contributed by atoms with E-state index in [2.05, 4.69) is 9.47 Å². The van der Waals surface area contributed by atoms with E-state index in [4.69, 9.17) is 38.6 Å². The Labute approximate surface area is 195 Å². The molecule has 1 rings (SSSR count). The van der Waals surface area contributed by atoms with E-state index >= 15 is 0 Å². The first-order valence-electron chi connectivity index (χ1n) is 9.97. The Morgan fingerprint density at radius 2 is 0.941 bits per heavy atom. The van der Waals surface area contributed by atoms with Gasteiger partial charge in [-0.25, -0.2) is 9.59 Å². The Kier molecular flexibility index (Phi) is 16.7. The largest absolute Gasteiger partial charge is 0.478 e. The van der Waals surface area contributed by atoms with Crippen molar-refractivity contribution < 1.29 is 67.9 Å². The van der Waals surface area contributed by atoms with Gasteiger partial charge in [0.05, 0.1) is 50.8 Å². The molecule has 4 N–H and O–H groups in total. The van der Waals surface area contributed by atoms with Crippen molar-refractivity contribution in [2.45, 2.75) is 13.2 Å². The van der Waals surface area contributed by atoms with Crippen LogP contribution in [0.4, 0.5) is 0 Å². The highest BCUT2D eigenvalue weighted by molar-refractivity contribution is 5.96. The molecule has 1 aromatic rings. The second-order valence-electron chi connectivity index (χ2n) is 6.24.